The molecule has 3 rings (SSSR count). The Labute approximate surface area is 146 Å². The Morgan fingerprint density at radius 3 is 2.58 bits per heavy atom. The molecule has 0 spiro atoms. The van der Waals surface area contributed by atoms with Crippen LogP contribution in [0.5, 0.6) is 5.75 Å². The molecule has 2 aromatic rings. The van der Waals surface area contributed by atoms with Crippen molar-refractivity contribution in [2.45, 2.75) is 16.4 Å². The second kappa shape index (κ2) is 7.35. The van der Waals surface area contributed by atoms with E-state index in [-0.39, 0.29) is 28.4 Å². The molecule has 0 unspecified atom stereocenters. The molecule has 0 amide bonds. The Morgan fingerprint density at radius 2 is 1.96 bits per heavy atom. The quantitative estimate of drug-likeness (QED) is 0.791. The fourth-order valence-electron chi connectivity index (χ4n) is 2.87. The number of nitrogens with one attached hydrogen (secondary N) is 1. The third kappa shape index (κ3) is 4.24. The van der Waals surface area contributed by atoms with E-state index in [1.807, 2.05) is 17.5 Å². The molecule has 0 aliphatic carbocycles. The molecule has 1 aliphatic rings. The largest absolute Gasteiger partial charge is 0.508 e. The molecule has 0 radical (unpaired) electrons. The van der Waals surface area contributed by atoms with Gasteiger partial charge in [-0.3, -0.25) is 4.90 Å². The first-order valence-electron chi connectivity index (χ1n) is 7.51. The van der Waals surface area contributed by atoms with Crippen molar-refractivity contribution < 1.29 is 18.3 Å². The number of thiophene rings is 1. The molecule has 130 valence electrons. The van der Waals surface area contributed by atoms with E-state index in [4.69, 9.17) is 0 Å². The molecule has 0 saturated carbocycles. The number of thioether (sulfide) groups is 1. The van der Waals surface area contributed by atoms with Crippen LogP contribution in [0.3, 0.4) is 0 Å². The minimum absolute atomic E-state index is 0.0263. The summed E-state index contributed by atoms with van der Waals surface area (Å²) < 4.78 is 38.1. The smallest absolute Gasteiger partial charge is 0.446 e. The van der Waals surface area contributed by atoms with Gasteiger partial charge in [0.25, 0.3) is 0 Å². The number of nitrogens with zero attached hydrogens (tertiary/aromatic N) is 1. The zero-order chi connectivity index (χ0) is 17.2. The van der Waals surface area contributed by atoms with E-state index >= 15 is 0 Å². The summed E-state index contributed by atoms with van der Waals surface area (Å²) in [5.74, 6) is 0.0263. The fourth-order valence-corrected chi connectivity index (χ4v) is 4.33. The predicted octanol–water partition coefficient (Wildman–Crippen LogP) is 4.06. The van der Waals surface area contributed by atoms with Gasteiger partial charge in [-0.25, -0.2) is 0 Å². The molecule has 0 bridgehead atoms. The summed E-state index contributed by atoms with van der Waals surface area (Å²) in [5.41, 5.74) is -3.82. The monoisotopic (exact) mass is 374 g/mol. The summed E-state index contributed by atoms with van der Waals surface area (Å²) in [6.45, 7) is 3.19. The lowest BCUT2D eigenvalue weighted by Gasteiger charge is -2.35. The molecule has 2 N–H and O–H groups in total. The van der Waals surface area contributed by atoms with Gasteiger partial charge in [-0.05, 0) is 41.4 Å². The number of hydrogen-bond acceptors (Lipinski definition) is 5. The standard InChI is InChI=1S/C16H17F3N2OS2/c17-16(18,19)24-11-3-4-13(22)12(10-11)15(14-2-1-9-23-14)21-7-5-20-6-8-21/h1-4,9-10,15,20,22H,5-8H2/t15-/m0/s1. The molecule has 3 nitrogen and oxygen atoms in total. The minimum Gasteiger partial charge on any atom is -0.508 e. The lowest BCUT2D eigenvalue weighted by atomic mass is 10.0. The molecule has 1 aromatic heterocycles. The number of phenolic OH excluding ortho intramolecular Hbond substituents is 1. The highest BCUT2D eigenvalue weighted by Crippen LogP contribution is 2.42. The van der Waals surface area contributed by atoms with Crippen molar-refractivity contribution in [1.82, 2.24) is 10.2 Å². The van der Waals surface area contributed by atoms with E-state index in [2.05, 4.69) is 10.2 Å². The zero-order valence-electron chi connectivity index (χ0n) is 12.7. The fraction of sp³-hybridized carbons (Fsp3) is 0.375. The van der Waals surface area contributed by atoms with Gasteiger partial charge in [0, 0.05) is 41.5 Å². The maximum atomic E-state index is 12.7. The summed E-state index contributed by atoms with van der Waals surface area (Å²) in [4.78, 5) is 3.30. The van der Waals surface area contributed by atoms with E-state index in [0.29, 0.717) is 5.56 Å². The summed E-state index contributed by atoms with van der Waals surface area (Å²) in [5, 5.41) is 15.5. The summed E-state index contributed by atoms with van der Waals surface area (Å²) in [6, 6.07) is 7.76. The van der Waals surface area contributed by atoms with Gasteiger partial charge >= 0.3 is 5.51 Å². The first-order chi connectivity index (χ1) is 11.4. The highest BCUT2D eigenvalue weighted by molar-refractivity contribution is 8.00. The number of phenols is 1. The van der Waals surface area contributed by atoms with Crippen LogP contribution in [-0.2, 0) is 0 Å². The van der Waals surface area contributed by atoms with Gasteiger partial charge in [-0.1, -0.05) is 6.07 Å². The van der Waals surface area contributed by atoms with Crippen LogP contribution in [0, 0.1) is 0 Å². The number of hydrogen-bond donors (Lipinski definition) is 2. The molecule has 1 atom stereocenters. The summed E-state index contributed by atoms with van der Waals surface area (Å²) in [7, 11) is 0. The first kappa shape index (κ1) is 17.6. The Hall–Kier alpha value is -1.22. The minimum atomic E-state index is -4.35. The number of aromatic hydroxyl groups is 1. The van der Waals surface area contributed by atoms with Crippen LogP contribution >= 0.6 is 23.1 Å². The zero-order valence-corrected chi connectivity index (χ0v) is 14.3. The van der Waals surface area contributed by atoms with Gasteiger partial charge in [0.1, 0.15) is 5.75 Å². The van der Waals surface area contributed by atoms with E-state index < -0.39 is 5.51 Å². The van der Waals surface area contributed by atoms with Crippen molar-refractivity contribution >= 4 is 23.1 Å². The third-order valence-corrected chi connectivity index (χ3v) is 5.50. The van der Waals surface area contributed by atoms with Crippen molar-refractivity contribution in [3.8, 4) is 5.75 Å². The number of benzene rings is 1. The molecule has 1 saturated heterocycles. The summed E-state index contributed by atoms with van der Waals surface area (Å²) in [6.07, 6.45) is 0. The Kier molecular flexibility index (Phi) is 5.39. The predicted molar refractivity (Wildman–Crippen MR) is 90.6 cm³/mol. The molecule has 24 heavy (non-hydrogen) atoms. The normalized spacial score (nSPS) is 17.8. The topological polar surface area (TPSA) is 35.5 Å². The van der Waals surface area contributed by atoms with Crippen LogP contribution in [0.1, 0.15) is 16.5 Å². The number of piperazine rings is 1. The van der Waals surface area contributed by atoms with Gasteiger partial charge < -0.3 is 10.4 Å². The molecular weight excluding hydrogens is 357 g/mol. The van der Waals surface area contributed by atoms with Crippen LogP contribution in [0.15, 0.2) is 40.6 Å². The first-order valence-corrected chi connectivity index (χ1v) is 9.20. The highest BCUT2D eigenvalue weighted by atomic mass is 32.2. The lowest BCUT2D eigenvalue weighted by molar-refractivity contribution is -0.0328. The van der Waals surface area contributed by atoms with E-state index in [1.165, 1.54) is 18.2 Å². The average molecular weight is 374 g/mol. The van der Waals surface area contributed by atoms with Crippen molar-refractivity contribution in [1.29, 1.82) is 0 Å². The Bertz CT molecular complexity index is 670. The highest BCUT2D eigenvalue weighted by Gasteiger charge is 2.31. The number of halogens is 3. The molecular formula is C16H17F3N2OS2. The van der Waals surface area contributed by atoms with Gasteiger partial charge in [-0.15, -0.1) is 11.3 Å². The van der Waals surface area contributed by atoms with Crippen LogP contribution in [0.4, 0.5) is 13.2 Å². The van der Waals surface area contributed by atoms with Crippen molar-refractivity contribution in [2.24, 2.45) is 0 Å². The van der Waals surface area contributed by atoms with E-state index in [1.54, 1.807) is 11.3 Å². The number of alkyl halides is 3. The van der Waals surface area contributed by atoms with E-state index in [0.717, 1.165) is 31.1 Å². The average Bonchev–Trinajstić information content (AvgIpc) is 3.04. The molecule has 1 fully saturated rings. The van der Waals surface area contributed by atoms with Gasteiger partial charge in [-0.2, -0.15) is 13.2 Å². The van der Waals surface area contributed by atoms with Crippen molar-refractivity contribution in [2.75, 3.05) is 26.2 Å². The Balaban J connectivity index is 1.99. The summed E-state index contributed by atoms with van der Waals surface area (Å²) >= 11 is 1.39. The SMILES string of the molecule is Oc1ccc(SC(F)(F)F)cc1[C@@H](c1cccs1)N1CCNCC1. The lowest BCUT2D eigenvalue weighted by Crippen LogP contribution is -2.45. The third-order valence-electron chi connectivity index (χ3n) is 3.86. The van der Waals surface area contributed by atoms with Crippen LogP contribution in [0.25, 0.3) is 0 Å². The van der Waals surface area contributed by atoms with Crippen LogP contribution in [0.2, 0.25) is 0 Å². The number of rotatable bonds is 4. The molecule has 1 aliphatic heterocycles. The second-order valence-corrected chi connectivity index (χ2v) is 7.59. The van der Waals surface area contributed by atoms with Crippen molar-refractivity contribution in [3.05, 3.63) is 46.2 Å². The maximum Gasteiger partial charge on any atom is 0.446 e. The van der Waals surface area contributed by atoms with Crippen LogP contribution < -0.4 is 5.32 Å². The van der Waals surface area contributed by atoms with Gasteiger partial charge in [0.15, 0.2) is 0 Å². The maximum absolute atomic E-state index is 12.7. The Morgan fingerprint density at radius 1 is 1.21 bits per heavy atom. The molecule has 1 aromatic carbocycles. The van der Waals surface area contributed by atoms with Gasteiger partial charge in [0.2, 0.25) is 0 Å². The second-order valence-electron chi connectivity index (χ2n) is 5.47. The molecule has 2 heterocycles. The van der Waals surface area contributed by atoms with Crippen LogP contribution in [-0.4, -0.2) is 41.7 Å². The van der Waals surface area contributed by atoms with Crippen molar-refractivity contribution in [3.63, 3.8) is 0 Å². The van der Waals surface area contributed by atoms with E-state index in [9.17, 15) is 18.3 Å². The molecule has 8 heteroatoms. The van der Waals surface area contributed by atoms with Gasteiger partial charge in [0.05, 0.1) is 6.04 Å².